The van der Waals surface area contributed by atoms with Gasteiger partial charge in [0.2, 0.25) is 0 Å². The molecule has 0 aromatic carbocycles. The third-order valence-corrected chi connectivity index (χ3v) is 3.40. The maximum Gasteiger partial charge on any atom is 0.182 e. The molecule has 0 spiro atoms. The van der Waals surface area contributed by atoms with Crippen LogP contribution < -0.4 is 10.6 Å². The molecule has 90 valence electrons. The van der Waals surface area contributed by atoms with Gasteiger partial charge < -0.3 is 15.4 Å². The Morgan fingerprint density at radius 3 is 3.12 bits per heavy atom. The van der Waals surface area contributed by atoms with Gasteiger partial charge in [-0.05, 0) is 32.4 Å². The van der Waals surface area contributed by atoms with E-state index >= 15 is 0 Å². The van der Waals surface area contributed by atoms with Crippen molar-refractivity contribution in [3.05, 3.63) is 11.6 Å². The molecule has 2 N–H and O–H groups in total. The molecule has 1 aromatic rings. The van der Waals surface area contributed by atoms with Gasteiger partial charge in [-0.3, -0.25) is 0 Å². The van der Waals surface area contributed by atoms with Crippen LogP contribution in [0.2, 0.25) is 0 Å². The average molecular weight is 241 g/mol. The summed E-state index contributed by atoms with van der Waals surface area (Å²) in [5, 5.41) is 9.59. The third-order valence-electron chi connectivity index (χ3n) is 2.67. The normalized spacial score (nSPS) is 17.5. The minimum absolute atomic E-state index is 0.473. The second-order valence-corrected chi connectivity index (χ2v) is 4.83. The predicted octanol–water partition coefficient (Wildman–Crippen LogP) is 1.71. The van der Waals surface area contributed by atoms with Crippen LogP contribution in [0.1, 0.15) is 19.3 Å². The highest BCUT2D eigenvalue weighted by atomic mass is 32.1. The Labute approximate surface area is 100 Å². The zero-order chi connectivity index (χ0) is 11.1. The molecule has 2 heterocycles. The number of nitrogens with one attached hydrogen (secondary N) is 2. The van der Waals surface area contributed by atoms with Crippen LogP contribution in [-0.2, 0) is 4.74 Å². The number of hydrogen-bond acceptors (Lipinski definition) is 5. The lowest BCUT2D eigenvalue weighted by Gasteiger charge is -2.22. The van der Waals surface area contributed by atoms with Gasteiger partial charge in [0.15, 0.2) is 5.13 Å². The summed E-state index contributed by atoms with van der Waals surface area (Å²) in [6, 6.07) is 0. The van der Waals surface area contributed by atoms with Crippen LogP contribution in [0.5, 0.6) is 0 Å². The van der Waals surface area contributed by atoms with Crippen molar-refractivity contribution in [3.8, 4) is 0 Å². The first kappa shape index (κ1) is 11.8. The first-order chi connectivity index (χ1) is 7.95. The van der Waals surface area contributed by atoms with Crippen molar-refractivity contribution in [2.75, 3.05) is 31.6 Å². The van der Waals surface area contributed by atoms with E-state index in [4.69, 9.17) is 4.74 Å². The predicted molar refractivity (Wildman–Crippen MR) is 67.1 cm³/mol. The molecule has 2 rings (SSSR count). The lowest BCUT2D eigenvalue weighted by atomic mass is 10.1. The van der Waals surface area contributed by atoms with Gasteiger partial charge in [-0.15, -0.1) is 11.3 Å². The Hall–Kier alpha value is -0.650. The van der Waals surface area contributed by atoms with E-state index in [0.717, 1.165) is 50.6 Å². The van der Waals surface area contributed by atoms with Crippen LogP contribution in [0.4, 0.5) is 5.13 Å². The molecule has 1 aromatic heterocycles. The molecule has 0 unspecified atom stereocenters. The quantitative estimate of drug-likeness (QED) is 0.744. The van der Waals surface area contributed by atoms with Gasteiger partial charge in [0.1, 0.15) is 0 Å². The van der Waals surface area contributed by atoms with Crippen LogP contribution in [0.15, 0.2) is 11.6 Å². The molecule has 4 nitrogen and oxygen atoms in total. The van der Waals surface area contributed by atoms with E-state index in [1.165, 1.54) is 0 Å². The lowest BCUT2D eigenvalue weighted by Crippen LogP contribution is -2.32. The smallest absolute Gasteiger partial charge is 0.182 e. The maximum absolute atomic E-state index is 5.81. The zero-order valence-electron chi connectivity index (χ0n) is 9.45. The largest absolute Gasteiger partial charge is 0.378 e. The molecule has 1 aliphatic heterocycles. The van der Waals surface area contributed by atoms with Crippen LogP contribution in [0.3, 0.4) is 0 Å². The van der Waals surface area contributed by atoms with Gasteiger partial charge in [0, 0.05) is 24.7 Å². The van der Waals surface area contributed by atoms with E-state index in [2.05, 4.69) is 15.6 Å². The molecule has 0 radical (unpaired) electrons. The number of thiazole rings is 1. The van der Waals surface area contributed by atoms with Crippen LogP contribution in [0.25, 0.3) is 0 Å². The Balaban J connectivity index is 1.48. The molecule has 0 saturated carbocycles. The molecule has 1 saturated heterocycles. The van der Waals surface area contributed by atoms with E-state index in [1.54, 1.807) is 11.3 Å². The highest BCUT2D eigenvalue weighted by Gasteiger charge is 2.12. The standard InChI is InChI=1S/C11H19N3OS/c1(4-13-11-14-7-9-16-11)8-15-10-2-5-12-6-3-10/h7,9-10,12H,1-6,8H2,(H,13,14). The number of aromatic nitrogens is 1. The first-order valence-electron chi connectivity index (χ1n) is 5.91. The molecule has 1 fully saturated rings. The van der Waals surface area contributed by atoms with Crippen molar-refractivity contribution in [1.29, 1.82) is 0 Å². The summed E-state index contributed by atoms with van der Waals surface area (Å²) in [7, 11) is 0. The van der Waals surface area contributed by atoms with E-state index in [0.29, 0.717) is 6.10 Å². The van der Waals surface area contributed by atoms with Crippen molar-refractivity contribution in [1.82, 2.24) is 10.3 Å². The van der Waals surface area contributed by atoms with Crippen molar-refractivity contribution in [2.45, 2.75) is 25.4 Å². The second-order valence-electron chi connectivity index (χ2n) is 3.94. The molecule has 0 atom stereocenters. The Kier molecular flexibility index (Phi) is 5.05. The number of hydrogen-bond donors (Lipinski definition) is 2. The Morgan fingerprint density at radius 1 is 1.50 bits per heavy atom. The fraction of sp³-hybridized carbons (Fsp3) is 0.727. The van der Waals surface area contributed by atoms with Crippen molar-refractivity contribution in [3.63, 3.8) is 0 Å². The number of anilines is 1. The van der Waals surface area contributed by atoms with Gasteiger partial charge in [-0.2, -0.15) is 0 Å². The van der Waals surface area contributed by atoms with Crippen LogP contribution >= 0.6 is 11.3 Å². The molecule has 5 heteroatoms. The van der Waals surface area contributed by atoms with Gasteiger partial charge in [-0.25, -0.2) is 4.98 Å². The minimum Gasteiger partial charge on any atom is -0.378 e. The monoisotopic (exact) mass is 241 g/mol. The number of rotatable bonds is 6. The van der Waals surface area contributed by atoms with Gasteiger partial charge in [0.25, 0.3) is 0 Å². The third kappa shape index (κ3) is 4.08. The van der Waals surface area contributed by atoms with Gasteiger partial charge in [-0.1, -0.05) is 0 Å². The summed E-state index contributed by atoms with van der Waals surface area (Å²) >= 11 is 1.64. The SMILES string of the molecule is c1csc(NCCCOC2CCNCC2)n1. The zero-order valence-corrected chi connectivity index (χ0v) is 10.3. The molecule has 0 amide bonds. The van der Waals surface area contributed by atoms with E-state index < -0.39 is 0 Å². The number of piperidine rings is 1. The summed E-state index contributed by atoms with van der Waals surface area (Å²) in [5.74, 6) is 0. The fourth-order valence-electron chi connectivity index (χ4n) is 1.79. The van der Waals surface area contributed by atoms with Crippen molar-refractivity contribution < 1.29 is 4.74 Å². The first-order valence-corrected chi connectivity index (χ1v) is 6.79. The summed E-state index contributed by atoms with van der Waals surface area (Å²) in [6.07, 6.45) is 5.64. The van der Waals surface area contributed by atoms with Crippen molar-refractivity contribution in [2.24, 2.45) is 0 Å². The topological polar surface area (TPSA) is 46.2 Å². The summed E-state index contributed by atoms with van der Waals surface area (Å²) < 4.78 is 5.81. The molecule has 16 heavy (non-hydrogen) atoms. The second kappa shape index (κ2) is 6.83. The van der Waals surface area contributed by atoms with E-state index in [9.17, 15) is 0 Å². The van der Waals surface area contributed by atoms with Crippen molar-refractivity contribution >= 4 is 16.5 Å². The number of ether oxygens (including phenoxy) is 1. The molecule has 1 aliphatic rings. The Bertz CT molecular complexity index is 273. The Morgan fingerprint density at radius 2 is 2.38 bits per heavy atom. The summed E-state index contributed by atoms with van der Waals surface area (Å²) in [6.45, 7) is 3.99. The van der Waals surface area contributed by atoms with E-state index in [1.807, 2.05) is 11.6 Å². The number of nitrogens with zero attached hydrogens (tertiary/aromatic N) is 1. The molecule has 0 aliphatic carbocycles. The molecular weight excluding hydrogens is 222 g/mol. The van der Waals surface area contributed by atoms with E-state index in [-0.39, 0.29) is 0 Å². The van der Waals surface area contributed by atoms with Gasteiger partial charge in [0.05, 0.1) is 6.10 Å². The maximum atomic E-state index is 5.81. The van der Waals surface area contributed by atoms with Gasteiger partial charge >= 0.3 is 0 Å². The lowest BCUT2D eigenvalue weighted by molar-refractivity contribution is 0.0329. The summed E-state index contributed by atoms with van der Waals surface area (Å²) in [5.41, 5.74) is 0. The van der Waals surface area contributed by atoms with Crippen LogP contribution in [-0.4, -0.2) is 37.3 Å². The minimum atomic E-state index is 0.473. The highest BCUT2D eigenvalue weighted by molar-refractivity contribution is 7.13. The van der Waals surface area contributed by atoms with Crippen LogP contribution in [0, 0.1) is 0 Å². The molecule has 0 bridgehead atoms. The average Bonchev–Trinajstić information content (AvgIpc) is 2.83. The highest BCUT2D eigenvalue weighted by Crippen LogP contribution is 2.10. The summed E-state index contributed by atoms with van der Waals surface area (Å²) in [4.78, 5) is 4.16. The molecular formula is C11H19N3OS. The fourth-order valence-corrected chi connectivity index (χ4v) is 2.35.